The second-order valence-electron chi connectivity index (χ2n) is 5.38. The van der Waals surface area contributed by atoms with Crippen LogP contribution in [0.3, 0.4) is 0 Å². The molecule has 4 fully saturated rings. The third-order valence-electron chi connectivity index (χ3n) is 4.65. The molecule has 4 saturated carbocycles. The highest BCUT2D eigenvalue weighted by molar-refractivity contribution is 6.34. The maximum Gasteiger partial charge on any atom is 0.325 e. The summed E-state index contributed by atoms with van der Waals surface area (Å²) in [6.07, 6.45) is 5.57. The number of alkyl halides is 1. The summed E-state index contributed by atoms with van der Waals surface area (Å²) in [4.78, 5) is 10.4. The second-order valence-corrected chi connectivity index (χ2v) is 6.00. The van der Waals surface area contributed by atoms with E-state index in [1.807, 2.05) is 0 Å². The highest BCUT2D eigenvalue weighted by Gasteiger charge is 2.60. The Balaban J connectivity index is 1.98. The number of hydrogen-bond donors (Lipinski definition) is 1. The molecule has 0 unspecified atom stereocenters. The Morgan fingerprint density at radius 1 is 1.07 bits per heavy atom. The van der Waals surface area contributed by atoms with E-state index in [1.165, 1.54) is 6.42 Å². The highest BCUT2D eigenvalue weighted by atomic mass is 35.5. The molecule has 3 heteroatoms. The van der Waals surface area contributed by atoms with Crippen LogP contribution in [0.2, 0.25) is 0 Å². The monoisotopic (exact) mass is 214 g/mol. The number of carboxylic acid groups (broad SMARTS) is 1. The van der Waals surface area contributed by atoms with Crippen molar-refractivity contribution in [2.24, 2.45) is 23.7 Å². The number of hydrogen-bond acceptors (Lipinski definition) is 1. The van der Waals surface area contributed by atoms with Crippen LogP contribution in [0.25, 0.3) is 0 Å². The lowest BCUT2D eigenvalue weighted by molar-refractivity contribution is -0.151. The van der Waals surface area contributed by atoms with Gasteiger partial charge in [-0.1, -0.05) is 0 Å². The molecule has 4 rings (SSSR count). The number of aliphatic carboxylic acids is 1. The van der Waals surface area contributed by atoms with E-state index in [0.29, 0.717) is 0 Å². The first-order valence-electron chi connectivity index (χ1n) is 5.53. The van der Waals surface area contributed by atoms with Crippen LogP contribution in [0.15, 0.2) is 0 Å². The molecule has 0 spiro atoms. The van der Waals surface area contributed by atoms with Crippen LogP contribution in [0.4, 0.5) is 0 Å². The molecule has 0 aromatic rings. The minimum Gasteiger partial charge on any atom is -0.480 e. The Morgan fingerprint density at radius 2 is 1.50 bits per heavy atom. The van der Waals surface area contributed by atoms with Crippen LogP contribution >= 0.6 is 11.6 Å². The summed E-state index contributed by atoms with van der Waals surface area (Å²) in [5.74, 6) is 1.29. The minimum atomic E-state index is -0.909. The molecule has 0 heterocycles. The van der Waals surface area contributed by atoms with E-state index in [9.17, 15) is 9.90 Å². The van der Waals surface area contributed by atoms with Crippen LogP contribution < -0.4 is 0 Å². The summed E-state index contributed by atoms with van der Waals surface area (Å²) in [6.45, 7) is 0. The third-order valence-corrected chi connectivity index (χ3v) is 5.43. The Morgan fingerprint density at radius 3 is 1.86 bits per heavy atom. The normalized spacial score (nSPS) is 54.9. The van der Waals surface area contributed by atoms with Crippen LogP contribution in [0, 0.1) is 23.7 Å². The van der Waals surface area contributed by atoms with Gasteiger partial charge in [-0.15, -0.1) is 11.6 Å². The lowest BCUT2D eigenvalue weighted by atomic mass is 9.51. The summed E-state index contributed by atoms with van der Waals surface area (Å²) in [7, 11) is 0. The molecule has 0 aromatic carbocycles. The minimum absolute atomic E-state index is 0.248. The van der Waals surface area contributed by atoms with Crippen molar-refractivity contribution >= 4 is 17.6 Å². The number of carboxylic acids is 1. The Labute approximate surface area is 88.6 Å². The molecule has 4 aliphatic carbocycles. The Hall–Kier alpha value is -0.240. The Kier molecular flexibility index (Phi) is 1.71. The predicted molar refractivity (Wildman–Crippen MR) is 53.3 cm³/mol. The summed E-state index contributed by atoms with van der Waals surface area (Å²) in [5.41, 5.74) is 0. The van der Waals surface area contributed by atoms with E-state index in [1.54, 1.807) is 0 Å². The lowest BCUT2D eigenvalue weighted by Crippen LogP contribution is -2.58. The van der Waals surface area contributed by atoms with Gasteiger partial charge < -0.3 is 5.11 Å². The number of carbonyl (C=O) groups is 1. The molecule has 78 valence electrons. The first-order valence-corrected chi connectivity index (χ1v) is 5.90. The molecule has 0 saturated heterocycles. The van der Waals surface area contributed by atoms with Crippen molar-refractivity contribution in [2.45, 2.75) is 37.0 Å². The van der Waals surface area contributed by atoms with Crippen LogP contribution in [0.5, 0.6) is 0 Å². The molecule has 4 aliphatic rings. The summed E-state index contributed by atoms with van der Waals surface area (Å²) in [6, 6.07) is 0. The van der Waals surface area contributed by atoms with Gasteiger partial charge in [0, 0.05) is 0 Å². The smallest absolute Gasteiger partial charge is 0.325 e. The fourth-order valence-corrected chi connectivity index (χ4v) is 4.58. The van der Waals surface area contributed by atoms with Crippen molar-refractivity contribution in [3.63, 3.8) is 0 Å². The Bertz CT molecular complexity index is 259. The van der Waals surface area contributed by atoms with Crippen molar-refractivity contribution in [2.75, 3.05) is 0 Å². The highest BCUT2D eigenvalue weighted by Crippen LogP contribution is 2.60. The molecule has 14 heavy (non-hydrogen) atoms. The van der Waals surface area contributed by atoms with Gasteiger partial charge in [-0.3, -0.25) is 4.79 Å². The standard InChI is InChI=1S/C11H15ClO2/c12-11(10(13)14)8-2-6-1-7(4-8)5-9(11)3-6/h6-9H,1-5H2,(H,13,14). The van der Waals surface area contributed by atoms with Gasteiger partial charge in [0.05, 0.1) is 0 Å². The van der Waals surface area contributed by atoms with Crippen molar-refractivity contribution in [3.05, 3.63) is 0 Å². The van der Waals surface area contributed by atoms with Crippen molar-refractivity contribution in [1.82, 2.24) is 0 Å². The first-order chi connectivity index (χ1) is 6.60. The van der Waals surface area contributed by atoms with E-state index in [4.69, 9.17) is 11.6 Å². The summed E-state index contributed by atoms with van der Waals surface area (Å²) < 4.78 is 0. The lowest BCUT2D eigenvalue weighted by Gasteiger charge is -2.56. The average molecular weight is 215 g/mol. The van der Waals surface area contributed by atoms with E-state index in [-0.39, 0.29) is 11.8 Å². The predicted octanol–water partition coefficient (Wildman–Crippen LogP) is 2.50. The van der Waals surface area contributed by atoms with E-state index < -0.39 is 10.8 Å². The third kappa shape index (κ3) is 0.955. The average Bonchev–Trinajstić information content (AvgIpc) is 2.12. The largest absolute Gasteiger partial charge is 0.480 e. The van der Waals surface area contributed by atoms with E-state index >= 15 is 0 Å². The van der Waals surface area contributed by atoms with Crippen molar-refractivity contribution < 1.29 is 9.90 Å². The van der Waals surface area contributed by atoms with Gasteiger partial charge >= 0.3 is 5.97 Å². The SMILES string of the molecule is O=C(O)C1(Cl)C2CC3CC(C2)CC1C3. The molecule has 2 nitrogen and oxygen atoms in total. The zero-order valence-electron chi connectivity index (χ0n) is 8.08. The van der Waals surface area contributed by atoms with Crippen molar-refractivity contribution in [1.29, 1.82) is 0 Å². The zero-order chi connectivity index (χ0) is 9.92. The molecular weight excluding hydrogens is 200 g/mol. The van der Waals surface area contributed by atoms with E-state index in [0.717, 1.165) is 37.5 Å². The number of halogens is 1. The quantitative estimate of drug-likeness (QED) is 0.681. The molecule has 0 aromatic heterocycles. The molecule has 0 radical (unpaired) electrons. The molecule has 0 amide bonds. The zero-order valence-corrected chi connectivity index (χ0v) is 8.83. The van der Waals surface area contributed by atoms with Gasteiger partial charge in [0.2, 0.25) is 0 Å². The van der Waals surface area contributed by atoms with Gasteiger partial charge in [-0.05, 0) is 55.8 Å². The first kappa shape index (κ1) is 9.02. The molecule has 0 atom stereocenters. The van der Waals surface area contributed by atoms with Crippen LogP contribution in [-0.4, -0.2) is 16.0 Å². The van der Waals surface area contributed by atoms with Crippen molar-refractivity contribution in [3.8, 4) is 0 Å². The summed E-state index contributed by atoms with van der Waals surface area (Å²) in [5, 5.41) is 9.27. The fourth-order valence-electron chi connectivity index (χ4n) is 4.22. The molecule has 4 bridgehead atoms. The van der Waals surface area contributed by atoms with Gasteiger partial charge in [0.15, 0.2) is 0 Å². The fraction of sp³-hybridized carbons (Fsp3) is 0.909. The van der Waals surface area contributed by atoms with Crippen LogP contribution in [-0.2, 0) is 4.79 Å². The maximum absolute atomic E-state index is 11.3. The molecule has 1 N–H and O–H groups in total. The topological polar surface area (TPSA) is 37.3 Å². The molecule has 0 aliphatic heterocycles. The maximum atomic E-state index is 11.3. The van der Waals surface area contributed by atoms with Gasteiger partial charge in [-0.25, -0.2) is 0 Å². The van der Waals surface area contributed by atoms with E-state index in [2.05, 4.69) is 0 Å². The van der Waals surface area contributed by atoms with Gasteiger partial charge in [-0.2, -0.15) is 0 Å². The van der Waals surface area contributed by atoms with Crippen LogP contribution in [0.1, 0.15) is 32.1 Å². The van der Waals surface area contributed by atoms with Gasteiger partial charge in [0.1, 0.15) is 4.87 Å². The molecular formula is C11H15ClO2. The van der Waals surface area contributed by atoms with Gasteiger partial charge in [0.25, 0.3) is 0 Å². The second kappa shape index (κ2) is 2.66. The number of rotatable bonds is 1. The summed E-state index contributed by atoms with van der Waals surface area (Å²) >= 11 is 6.36.